The molecule has 0 bridgehead atoms. The quantitative estimate of drug-likeness (QED) is 0.603. The number of nitro groups is 1. The van der Waals surface area contributed by atoms with Gasteiger partial charge >= 0.3 is 0 Å². The zero-order valence-electron chi connectivity index (χ0n) is 16.0. The van der Waals surface area contributed by atoms with Crippen LogP contribution >= 0.6 is 0 Å². The van der Waals surface area contributed by atoms with Gasteiger partial charge in [0.15, 0.2) is 0 Å². The number of nitro benzene ring substituents is 1. The zero-order valence-corrected chi connectivity index (χ0v) is 16.0. The van der Waals surface area contributed by atoms with Gasteiger partial charge in [-0.25, -0.2) is 0 Å². The van der Waals surface area contributed by atoms with E-state index < -0.39 is 0 Å². The van der Waals surface area contributed by atoms with E-state index in [2.05, 4.69) is 15.9 Å². The Kier molecular flexibility index (Phi) is 5.00. The van der Waals surface area contributed by atoms with Crippen molar-refractivity contribution in [1.82, 2.24) is 4.90 Å². The van der Waals surface area contributed by atoms with Crippen LogP contribution in [0.5, 0.6) is 0 Å². The van der Waals surface area contributed by atoms with Gasteiger partial charge in [-0.05, 0) is 37.1 Å². The fraction of sp³-hybridized carbons (Fsp3) is 0.381. The third kappa shape index (κ3) is 3.45. The third-order valence-corrected chi connectivity index (χ3v) is 5.80. The van der Waals surface area contributed by atoms with Crippen LogP contribution in [0.1, 0.15) is 12.5 Å². The molecule has 28 heavy (non-hydrogen) atoms. The number of hydrogen-bond acceptors (Lipinski definition) is 5. The molecule has 1 amide bonds. The van der Waals surface area contributed by atoms with E-state index in [9.17, 15) is 14.9 Å². The van der Waals surface area contributed by atoms with E-state index in [1.165, 1.54) is 5.56 Å². The molecule has 0 radical (unpaired) electrons. The molecule has 2 heterocycles. The van der Waals surface area contributed by atoms with E-state index in [0.29, 0.717) is 0 Å². The number of anilines is 2. The number of hydrogen-bond donors (Lipinski definition) is 0. The maximum Gasteiger partial charge on any atom is 0.269 e. The number of fused-ring (bicyclic) bond motifs is 1. The van der Waals surface area contributed by atoms with Gasteiger partial charge in [-0.2, -0.15) is 0 Å². The summed E-state index contributed by atoms with van der Waals surface area (Å²) in [5.41, 5.74) is 3.38. The monoisotopic (exact) mass is 380 g/mol. The number of amides is 1. The fourth-order valence-electron chi connectivity index (χ4n) is 4.10. The van der Waals surface area contributed by atoms with Crippen LogP contribution in [0.4, 0.5) is 17.1 Å². The van der Waals surface area contributed by atoms with Crippen molar-refractivity contribution in [3.8, 4) is 0 Å². The minimum Gasteiger partial charge on any atom is -0.369 e. The average molecular weight is 380 g/mol. The van der Waals surface area contributed by atoms with E-state index in [0.717, 1.165) is 50.5 Å². The zero-order chi connectivity index (χ0) is 19.7. The van der Waals surface area contributed by atoms with Crippen molar-refractivity contribution in [3.63, 3.8) is 0 Å². The number of benzene rings is 2. The first-order valence-corrected chi connectivity index (χ1v) is 9.67. The lowest BCUT2D eigenvalue weighted by atomic mass is 10.1. The summed E-state index contributed by atoms with van der Waals surface area (Å²) in [6.45, 7) is 5.92. The maximum atomic E-state index is 13.1. The van der Waals surface area contributed by atoms with E-state index >= 15 is 0 Å². The predicted octanol–water partition coefficient (Wildman–Crippen LogP) is 2.69. The largest absolute Gasteiger partial charge is 0.369 e. The summed E-state index contributed by atoms with van der Waals surface area (Å²) in [6.07, 6.45) is 0.919. The summed E-state index contributed by atoms with van der Waals surface area (Å²) in [5.74, 6) is 0.161. The van der Waals surface area contributed by atoms with Crippen molar-refractivity contribution in [3.05, 3.63) is 64.2 Å². The van der Waals surface area contributed by atoms with Crippen LogP contribution in [0.3, 0.4) is 0 Å². The molecule has 1 atom stereocenters. The lowest BCUT2D eigenvalue weighted by molar-refractivity contribution is -0.384. The molecule has 1 saturated heterocycles. The Balaban J connectivity index is 1.37. The highest BCUT2D eigenvalue weighted by Crippen LogP contribution is 2.29. The molecular weight excluding hydrogens is 356 g/mol. The van der Waals surface area contributed by atoms with Gasteiger partial charge in [-0.1, -0.05) is 18.2 Å². The minimum atomic E-state index is -0.383. The summed E-state index contributed by atoms with van der Waals surface area (Å²) in [4.78, 5) is 29.8. The lowest BCUT2D eigenvalue weighted by Crippen LogP contribution is -2.54. The van der Waals surface area contributed by atoms with Crippen LogP contribution < -0.4 is 9.80 Å². The van der Waals surface area contributed by atoms with Gasteiger partial charge in [-0.3, -0.25) is 19.8 Å². The number of carbonyl (C=O) groups is 1. The van der Waals surface area contributed by atoms with E-state index in [1.807, 2.05) is 30.0 Å². The highest BCUT2D eigenvalue weighted by atomic mass is 16.6. The fourth-order valence-corrected chi connectivity index (χ4v) is 4.10. The van der Waals surface area contributed by atoms with Crippen molar-refractivity contribution in [2.75, 3.05) is 42.5 Å². The minimum absolute atomic E-state index is 0.104. The molecule has 0 aliphatic carbocycles. The molecule has 146 valence electrons. The lowest BCUT2D eigenvalue weighted by Gasteiger charge is -2.39. The Bertz CT molecular complexity index is 875. The van der Waals surface area contributed by atoms with Gasteiger partial charge in [0.05, 0.1) is 11.0 Å². The average Bonchev–Trinajstić information content (AvgIpc) is 3.17. The van der Waals surface area contributed by atoms with Crippen LogP contribution in [-0.4, -0.2) is 54.5 Å². The smallest absolute Gasteiger partial charge is 0.269 e. The number of carbonyl (C=O) groups excluding carboxylic acids is 1. The normalized spacial score (nSPS) is 18.0. The van der Waals surface area contributed by atoms with Crippen LogP contribution in [0.2, 0.25) is 0 Å². The Labute approximate surface area is 164 Å². The summed E-state index contributed by atoms with van der Waals surface area (Å²) in [5, 5.41) is 10.8. The Morgan fingerprint density at radius 3 is 2.36 bits per heavy atom. The molecule has 0 spiro atoms. The topological polar surface area (TPSA) is 69.9 Å². The SMILES string of the molecule is C[C@@H](C(=O)N1CCc2ccccc21)N1CCN(c2ccc([N+](=O)[O-])cc2)CC1. The van der Waals surface area contributed by atoms with Crippen molar-refractivity contribution in [2.24, 2.45) is 0 Å². The molecular formula is C21H24N4O3. The van der Waals surface area contributed by atoms with Crippen LogP contribution in [0.15, 0.2) is 48.5 Å². The Hall–Kier alpha value is -2.93. The second kappa shape index (κ2) is 7.59. The Morgan fingerprint density at radius 2 is 1.68 bits per heavy atom. The van der Waals surface area contributed by atoms with Gasteiger partial charge in [-0.15, -0.1) is 0 Å². The molecule has 2 aliphatic heterocycles. The van der Waals surface area contributed by atoms with Crippen LogP contribution in [-0.2, 0) is 11.2 Å². The van der Waals surface area contributed by atoms with Crippen molar-refractivity contribution in [1.29, 1.82) is 0 Å². The number of para-hydroxylation sites is 1. The molecule has 0 saturated carbocycles. The Morgan fingerprint density at radius 1 is 1.00 bits per heavy atom. The number of non-ortho nitro benzene ring substituents is 1. The molecule has 1 fully saturated rings. The maximum absolute atomic E-state index is 13.1. The molecule has 2 aromatic rings. The van der Waals surface area contributed by atoms with Crippen molar-refractivity contribution >= 4 is 23.0 Å². The summed E-state index contributed by atoms with van der Waals surface area (Å²) >= 11 is 0. The second-order valence-electron chi connectivity index (χ2n) is 7.34. The van der Waals surface area contributed by atoms with Gasteiger partial charge in [0.2, 0.25) is 5.91 Å². The van der Waals surface area contributed by atoms with Crippen molar-refractivity contribution < 1.29 is 9.72 Å². The first-order chi connectivity index (χ1) is 13.5. The summed E-state index contributed by atoms with van der Waals surface area (Å²) in [6, 6.07) is 14.6. The second-order valence-corrected chi connectivity index (χ2v) is 7.34. The highest BCUT2D eigenvalue weighted by molar-refractivity contribution is 5.98. The molecule has 4 rings (SSSR count). The first-order valence-electron chi connectivity index (χ1n) is 9.67. The molecule has 2 aromatic carbocycles. The number of rotatable bonds is 4. The number of nitrogens with zero attached hydrogens (tertiary/aromatic N) is 4. The van der Waals surface area contributed by atoms with Gasteiger partial charge in [0.1, 0.15) is 0 Å². The molecule has 2 aliphatic rings. The van der Waals surface area contributed by atoms with Crippen LogP contribution in [0, 0.1) is 10.1 Å². The van der Waals surface area contributed by atoms with E-state index in [-0.39, 0.29) is 22.6 Å². The standard InChI is InChI=1S/C21H24N4O3/c1-16(21(26)24-11-10-17-4-2-3-5-20(17)24)22-12-14-23(15-13-22)18-6-8-19(9-7-18)25(27)28/h2-9,16H,10-15H2,1H3/t16-/m0/s1. The molecule has 0 aromatic heterocycles. The van der Waals surface area contributed by atoms with E-state index in [4.69, 9.17) is 0 Å². The molecule has 0 N–H and O–H groups in total. The van der Waals surface area contributed by atoms with Gasteiger partial charge in [0, 0.05) is 56.2 Å². The molecule has 7 nitrogen and oxygen atoms in total. The third-order valence-electron chi connectivity index (χ3n) is 5.80. The van der Waals surface area contributed by atoms with Crippen molar-refractivity contribution in [2.45, 2.75) is 19.4 Å². The van der Waals surface area contributed by atoms with Crippen LogP contribution in [0.25, 0.3) is 0 Å². The predicted molar refractivity (Wildman–Crippen MR) is 109 cm³/mol. The molecule has 7 heteroatoms. The van der Waals surface area contributed by atoms with E-state index in [1.54, 1.807) is 24.3 Å². The number of piperazine rings is 1. The van der Waals surface area contributed by atoms with Gasteiger partial charge in [0.25, 0.3) is 5.69 Å². The molecule has 0 unspecified atom stereocenters. The van der Waals surface area contributed by atoms with Gasteiger partial charge < -0.3 is 9.80 Å². The highest BCUT2D eigenvalue weighted by Gasteiger charge is 2.32. The first kappa shape index (κ1) is 18.4. The summed E-state index contributed by atoms with van der Waals surface area (Å²) < 4.78 is 0. The summed E-state index contributed by atoms with van der Waals surface area (Å²) in [7, 11) is 0.